The van der Waals surface area contributed by atoms with Gasteiger partial charge in [0, 0.05) is 18.3 Å². The highest BCUT2D eigenvalue weighted by Crippen LogP contribution is 1.93. The van der Waals surface area contributed by atoms with Crippen molar-refractivity contribution in [3.8, 4) is 0 Å². The van der Waals surface area contributed by atoms with E-state index in [2.05, 4.69) is 38.0 Å². The average molecular weight is 198 g/mol. The fourth-order valence-corrected chi connectivity index (χ4v) is 1.19. The van der Waals surface area contributed by atoms with Gasteiger partial charge in [-0.05, 0) is 33.2 Å². The summed E-state index contributed by atoms with van der Waals surface area (Å²) in [5, 5.41) is 3.48. The van der Waals surface area contributed by atoms with Gasteiger partial charge in [-0.1, -0.05) is 26.7 Å². The predicted molar refractivity (Wildman–Crippen MR) is 65.3 cm³/mol. The van der Waals surface area contributed by atoms with Crippen LogP contribution in [0.25, 0.3) is 0 Å². The molecular formula is C12H26N2. The number of nitrogens with zero attached hydrogens (tertiary/aromatic N) is 1. The quantitative estimate of drug-likeness (QED) is 0.470. The Labute approximate surface area is 89.2 Å². The van der Waals surface area contributed by atoms with Crippen molar-refractivity contribution >= 4 is 5.71 Å². The van der Waals surface area contributed by atoms with Gasteiger partial charge in [-0.15, -0.1) is 0 Å². The van der Waals surface area contributed by atoms with Crippen molar-refractivity contribution in [2.24, 2.45) is 4.99 Å². The topological polar surface area (TPSA) is 24.4 Å². The van der Waals surface area contributed by atoms with Crippen LogP contribution in [-0.4, -0.2) is 24.8 Å². The standard InChI is InChI=1S/C12H26N2/c1-5-7-9-13-11(3)12(4)14-10-8-6-2/h11,13H,5-10H2,1-4H3. The van der Waals surface area contributed by atoms with E-state index in [9.17, 15) is 0 Å². The lowest BCUT2D eigenvalue weighted by molar-refractivity contribution is 0.615. The van der Waals surface area contributed by atoms with Crippen LogP contribution in [0.15, 0.2) is 4.99 Å². The molecule has 0 aliphatic carbocycles. The SMILES string of the molecule is CCCCN=C(C)C(C)NCCCC. The fourth-order valence-electron chi connectivity index (χ4n) is 1.19. The fraction of sp³-hybridized carbons (Fsp3) is 0.917. The second kappa shape index (κ2) is 9.20. The van der Waals surface area contributed by atoms with Crippen LogP contribution in [0.5, 0.6) is 0 Å². The zero-order valence-corrected chi connectivity index (χ0v) is 10.3. The van der Waals surface area contributed by atoms with Crippen LogP contribution in [0.2, 0.25) is 0 Å². The van der Waals surface area contributed by atoms with Crippen molar-refractivity contribution in [3.05, 3.63) is 0 Å². The smallest absolute Gasteiger partial charge is 0.0419 e. The van der Waals surface area contributed by atoms with E-state index in [0.29, 0.717) is 6.04 Å². The highest BCUT2D eigenvalue weighted by molar-refractivity contribution is 5.86. The van der Waals surface area contributed by atoms with E-state index in [0.717, 1.165) is 13.1 Å². The van der Waals surface area contributed by atoms with Gasteiger partial charge in [-0.2, -0.15) is 0 Å². The van der Waals surface area contributed by atoms with Gasteiger partial charge >= 0.3 is 0 Å². The number of unbranched alkanes of at least 4 members (excludes halogenated alkanes) is 2. The van der Waals surface area contributed by atoms with E-state index in [-0.39, 0.29) is 0 Å². The molecule has 0 amide bonds. The third-order valence-electron chi connectivity index (χ3n) is 2.48. The third kappa shape index (κ3) is 7.07. The number of aliphatic imine (C=N–C) groups is 1. The normalized spacial score (nSPS) is 14.4. The minimum atomic E-state index is 0.443. The monoisotopic (exact) mass is 198 g/mol. The van der Waals surface area contributed by atoms with E-state index < -0.39 is 0 Å². The molecule has 1 unspecified atom stereocenters. The lowest BCUT2D eigenvalue weighted by Crippen LogP contribution is -2.33. The minimum Gasteiger partial charge on any atom is -0.309 e. The maximum atomic E-state index is 4.55. The first kappa shape index (κ1) is 13.6. The van der Waals surface area contributed by atoms with Crippen molar-refractivity contribution in [3.63, 3.8) is 0 Å². The largest absolute Gasteiger partial charge is 0.309 e. The molecule has 0 saturated heterocycles. The molecule has 0 fully saturated rings. The van der Waals surface area contributed by atoms with Crippen molar-refractivity contribution in [2.75, 3.05) is 13.1 Å². The minimum absolute atomic E-state index is 0.443. The molecule has 0 aliphatic heterocycles. The first-order valence-electron chi connectivity index (χ1n) is 5.96. The Morgan fingerprint density at radius 2 is 1.86 bits per heavy atom. The molecule has 2 nitrogen and oxygen atoms in total. The third-order valence-corrected chi connectivity index (χ3v) is 2.48. The highest BCUT2D eigenvalue weighted by Gasteiger charge is 2.02. The number of hydrogen-bond donors (Lipinski definition) is 1. The van der Waals surface area contributed by atoms with E-state index in [1.807, 2.05) is 0 Å². The molecule has 2 heteroatoms. The van der Waals surface area contributed by atoms with Crippen molar-refractivity contribution in [1.82, 2.24) is 5.32 Å². The number of rotatable bonds is 8. The van der Waals surface area contributed by atoms with Gasteiger partial charge in [-0.25, -0.2) is 0 Å². The number of nitrogens with one attached hydrogen (secondary N) is 1. The lowest BCUT2D eigenvalue weighted by atomic mass is 10.2. The first-order valence-corrected chi connectivity index (χ1v) is 5.96. The Hall–Kier alpha value is -0.370. The summed E-state index contributed by atoms with van der Waals surface area (Å²) in [5.74, 6) is 0. The maximum Gasteiger partial charge on any atom is 0.0419 e. The van der Waals surface area contributed by atoms with Crippen LogP contribution < -0.4 is 5.32 Å². The molecule has 1 N–H and O–H groups in total. The molecule has 0 rings (SSSR count). The first-order chi connectivity index (χ1) is 6.72. The summed E-state index contributed by atoms with van der Waals surface area (Å²) in [6.07, 6.45) is 4.95. The molecule has 0 heterocycles. The zero-order valence-electron chi connectivity index (χ0n) is 10.3. The summed E-state index contributed by atoms with van der Waals surface area (Å²) >= 11 is 0. The van der Waals surface area contributed by atoms with Crippen LogP contribution in [0.4, 0.5) is 0 Å². The van der Waals surface area contributed by atoms with Crippen LogP contribution in [0, 0.1) is 0 Å². The average Bonchev–Trinajstić information content (AvgIpc) is 2.18. The Kier molecular flexibility index (Phi) is 8.95. The highest BCUT2D eigenvalue weighted by atomic mass is 14.9. The van der Waals surface area contributed by atoms with Gasteiger partial charge < -0.3 is 5.32 Å². The maximum absolute atomic E-state index is 4.55. The van der Waals surface area contributed by atoms with Crippen LogP contribution in [0.1, 0.15) is 53.4 Å². The van der Waals surface area contributed by atoms with Gasteiger partial charge in [0.05, 0.1) is 0 Å². The molecule has 84 valence electrons. The van der Waals surface area contributed by atoms with E-state index in [4.69, 9.17) is 0 Å². The van der Waals surface area contributed by atoms with E-state index in [1.54, 1.807) is 0 Å². The Balaban J connectivity index is 3.62. The molecule has 0 aliphatic rings. The molecule has 0 saturated carbocycles. The Bertz CT molecular complexity index is 152. The van der Waals surface area contributed by atoms with E-state index in [1.165, 1.54) is 31.4 Å². The summed E-state index contributed by atoms with van der Waals surface area (Å²) in [5.41, 5.74) is 1.24. The molecule has 0 bridgehead atoms. The van der Waals surface area contributed by atoms with Gasteiger partial charge in [0.1, 0.15) is 0 Å². The Morgan fingerprint density at radius 3 is 2.43 bits per heavy atom. The lowest BCUT2D eigenvalue weighted by Gasteiger charge is -2.13. The van der Waals surface area contributed by atoms with Crippen LogP contribution in [-0.2, 0) is 0 Å². The van der Waals surface area contributed by atoms with Gasteiger partial charge in [-0.3, -0.25) is 4.99 Å². The molecular weight excluding hydrogens is 172 g/mol. The van der Waals surface area contributed by atoms with Crippen molar-refractivity contribution in [2.45, 2.75) is 59.4 Å². The zero-order chi connectivity index (χ0) is 10.8. The van der Waals surface area contributed by atoms with Crippen molar-refractivity contribution < 1.29 is 0 Å². The van der Waals surface area contributed by atoms with Gasteiger partial charge in [0.15, 0.2) is 0 Å². The Morgan fingerprint density at radius 1 is 1.21 bits per heavy atom. The second-order valence-corrected chi connectivity index (χ2v) is 3.91. The molecule has 0 aromatic rings. The summed E-state index contributed by atoms with van der Waals surface area (Å²) in [4.78, 5) is 4.55. The summed E-state index contributed by atoms with van der Waals surface area (Å²) < 4.78 is 0. The van der Waals surface area contributed by atoms with Gasteiger partial charge in [0.2, 0.25) is 0 Å². The predicted octanol–water partition coefficient (Wildman–Crippen LogP) is 3.03. The molecule has 14 heavy (non-hydrogen) atoms. The molecule has 0 radical (unpaired) electrons. The summed E-state index contributed by atoms with van der Waals surface area (Å²) in [6.45, 7) is 10.8. The summed E-state index contributed by atoms with van der Waals surface area (Å²) in [6, 6.07) is 0.443. The van der Waals surface area contributed by atoms with Gasteiger partial charge in [0.25, 0.3) is 0 Å². The molecule has 1 atom stereocenters. The summed E-state index contributed by atoms with van der Waals surface area (Å²) in [7, 11) is 0. The molecule has 0 spiro atoms. The molecule has 0 aromatic heterocycles. The van der Waals surface area contributed by atoms with Crippen LogP contribution >= 0.6 is 0 Å². The number of hydrogen-bond acceptors (Lipinski definition) is 2. The van der Waals surface area contributed by atoms with E-state index >= 15 is 0 Å². The van der Waals surface area contributed by atoms with Crippen LogP contribution in [0.3, 0.4) is 0 Å². The molecule has 0 aromatic carbocycles. The van der Waals surface area contributed by atoms with Crippen molar-refractivity contribution in [1.29, 1.82) is 0 Å². The second-order valence-electron chi connectivity index (χ2n) is 3.91.